The van der Waals surface area contributed by atoms with Crippen LogP contribution in [0.15, 0.2) is 0 Å². The van der Waals surface area contributed by atoms with Gasteiger partial charge in [-0.2, -0.15) is 0 Å². The predicted molar refractivity (Wildman–Crippen MR) is 59.5 cm³/mol. The van der Waals surface area contributed by atoms with Crippen molar-refractivity contribution in [1.29, 1.82) is 0 Å². The molecule has 2 saturated carbocycles. The Hall–Kier alpha value is -1.63. The van der Waals surface area contributed by atoms with Gasteiger partial charge in [-0.25, -0.2) is 4.79 Å². The molecule has 0 aromatic rings. The number of carboxylic acid groups (broad SMARTS) is 2. The SMILES string of the molecule is C[C@H](N)C(=O)N[C@@]1(C(=O)O)CC[C@H]2[C@@H](C(=O)O)[C@H]21. The molecule has 0 spiro atoms. The van der Waals surface area contributed by atoms with E-state index >= 15 is 0 Å². The number of nitrogens with two attached hydrogens (primary N) is 1. The molecule has 5 atom stereocenters. The molecule has 7 nitrogen and oxygen atoms in total. The Bertz CT molecular complexity index is 422. The zero-order chi connectivity index (χ0) is 13.7. The lowest BCUT2D eigenvalue weighted by molar-refractivity contribution is -0.150. The lowest BCUT2D eigenvalue weighted by Gasteiger charge is -2.29. The summed E-state index contributed by atoms with van der Waals surface area (Å²) in [6.45, 7) is 1.46. The van der Waals surface area contributed by atoms with E-state index < -0.39 is 41.3 Å². The molecule has 0 bridgehead atoms. The number of amides is 1. The molecule has 0 unspecified atom stereocenters. The van der Waals surface area contributed by atoms with Crippen molar-refractivity contribution in [2.24, 2.45) is 23.5 Å². The molecule has 2 fully saturated rings. The van der Waals surface area contributed by atoms with Gasteiger partial charge in [0.05, 0.1) is 12.0 Å². The van der Waals surface area contributed by atoms with E-state index in [0.29, 0.717) is 6.42 Å². The van der Waals surface area contributed by atoms with E-state index in [1.54, 1.807) is 0 Å². The Morgan fingerprint density at radius 2 is 2.00 bits per heavy atom. The molecule has 0 heterocycles. The molecule has 18 heavy (non-hydrogen) atoms. The smallest absolute Gasteiger partial charge is 0.329 e. The van der Waals surface area contributed by atoms with Crippen LogP contribution in [0.2, 0.25) is 0 Å². The highest BCUT2D eigenvalue weighted by molar-refractivity contribution is 5.92. The number of hydrogen-bond donors (Lipinski definition) is 4. The summed E-state index contributed by atoms with van der Waals surface area (Å²) in [7, 11) is 0. The number of rotatable bonds is 4. The highest BCUT2D eigenvalue weighted by Crippen LogP contribution is 2.62. The third-order valence-electron chi connectivity index (χ3n) is 4.04. The second kappa shape index (κ2) is 3.94. The van der Waals surface area contributed by atoms with Crippen LogP contribution in [0.3, 0.4) is 0 Å². The Balaban J connectivity index is 2.22. The Morgan fingerprint density at radius 3 is 2.39 bits per heavy atom. The van der Waals surface area contributed by atoms with Crippen molar-refractivity contribution in [2.75, 3.05) is 0 Å². The minimum absolute atomic E-state index is 0.146. The van der Waals surface area contributed by atoms with Crippen LogP contribution in [-0.4, -0.2) is 39.6 Å². The highest BCUT2D eigenvalue weighted by Gasteiger charge is 2.72. The molecule has 7 heteroatoms. The highest BCUT2D eigenvalue weighted by atomic mass is 16.4. The zero-order valence-corrected chi connectivity index (χ0v) is 9.92. The number of carbonyl (C=O) groups is 3. The number of carbonyl (C=O) groups excluding carboxylic acids is 1. The molecule has 100 valence electrons. The van der Waals surface area contributed by atoms with Gasteiger partial charge in [0.1, 0.15) is 5.54 Å². The molecule has 0 aromatic carbocycles. The number of fused-ring (bicyclic) bond motifs is 1. The number of carboxylic acids is 2. The van der Waals surface area contributed by atoms with Crippen molar-refractivity contribution in [3.63, 3.8) is 0 Å². The van der Waals surface area contributed by atoms with E-state index in [-0.39, 0.29) is 12.3 Å². The van der Waals surface area contributed by atoms with Crippen molar-refractivity contribution in [3.8, 4) is 0 Å². The standard InChI is InChI=1S/C11H16N2O5/c1-4(12)8(14)13-11(10(17)18)3-2-5-6(7(5)11)9(15)16/h4-7H,2-3,12H2,1H3,(H,13,14)(H,15,16)(H,17,18)/t4-,5-,6+,7-,11-/m0/s1. The van der Waals surface area contributed by atoms with E-state index in [0.717, 1.165) is 0 Å². The normalized spacial score (nSPS) is 38.7. The molecule has 0 aliphatic heterocycles. The van der Waals surface area contributed by atoms with Crippen molar-refractivity contribution in [1.82, 2.24) is 5.32 Å². The van der Waals surface area contributed by atoms with E-state index in [4.69, 9.17) is 10.8 Å². The molecule has 0 radical (unpaired) electrons. The van der Waals surface area contributed by atoms with Gasteiger partial charge in [0, 0.05) is 5.92 Å². The van der Waals surface area contributed by atoms with Gasteiger partial charge in [-0.1, -0.05) is 0 Å². The second-order valence-corrected chi connectivity index (χ2v) is 5.15. The van der Waals surface area contributed by atoms with Crippen LogP contribution in [0.5, 0.6) is 0 Å². The number of aliphatic carboxylic acids is 2. The topological polar surface area (TPSA) is 130 Å². The van der Waals surface area contributed by atoms with Gasteiger partial charge >= 0.3 is 11.9 Å². The maximum atomic E-state index is 11.6. The van der Waals surface area contributed by atoms with Gasteiger partial charge in [0.15, 0.2) is 0 Å². The fourth-order valence-corrected chi connectivity index (χ4v) is 3.09. The summed E-state index contributed by atoms with van der Waals surface area (Å²) in [6.07, 6.45) is 0.771. The van der Waals surface area contributed by atoms with Gasteiger partial charge in [-0.05, 0) is 25.7 Å². The summed E-state index contributed by atoms with van der Waals surface area (Å²) < 4.78 is 0. The first-order valence-electron chi connectivity index (χ1n) is 5.85. The van der Waals surface area contributed by atoms with Crippen LogP contribution >= 0.6 is 0 Å². The Morgan fingerprint density at radius 1 is 1.39 bits per heavy atom. The molecule has 2 aliphatic rings. The third kappa shape index (κ3) is 1.66. The van der Waals surface area contributed by atoms with Gasteiger partial charge in [-0.15, -0.1) is 0 Å². The van der Waals surface area contributed by atoms with Crippen molar-refractivity contribution >= 4 is 17.8 Å². The Kier molecular flexibility index (Phi) is 2.81. The Labute approximate surface area is 103 Å². The minimum atomic E-state index is -1.46. The zero-order valence-electron chi connectivity index (χ0n) is 9.92. The van der Waals surface area contributed by atoms with Gasteiger partial charge in [0.25, 0.3) is 0 Å². The van der Waals surface area contributed by atoms with Crippen LogP contribution in [0.25, 0.3) is 0 Å². The molecular formula is C11H16N2O5. The summed E-state index contributed by atoms with van der Waals surface area (Å²) in [5, 5.41) is 20.8. The van der Waals surface area contributed by atoms with Crippen LogP contribution in [-0.2, 0) is 14.4 Å². The monoisotopic (exact) mass is 256 g/mol. The van der Waals surface area contributed by atoms with Gasteiger partial charge in [-0.3, -0.25) is 9.59 Å². The average Bonchev–Trinajstić information content (AvgIpc) is 2.89. The first kappa shape index (κ1) is 12.8. The van der Waals surface area contributed by atoms with Crippen molar-refractivity contribution < 1.29 is 24.6 Å². The maximum absolute atomic E-state index is 11.6. The summed E-state index contributed by atoms with van der Waals surface area (Å²) in [5.41, 5.74) is 3.95. The van der Waals surface area contributed by atoms with Crippen LogP contribution in [0.1, 0.15) is 19.8 Å². The van der Waals surface area contributed by atoms with Crippen molar-refractivity contribution in [2.45, 2.75) is 31.3 Å². The fraction of sp³-hybridized carbons (Fsp3) is 0.727. The maximum Gasteiger partial charge on any atom is 0.329 e. The lowest BCUT2D eigenvalue weighted by Crippen LogP contribution is -2.58. The van der Waals surface area contributed by atoms with Crippen LogP contribution < -0.4 is 11.1 Å². The molecular weight excluding hydrogens is 240 g/mol. The summed E-state index contributed by atoms with van der Waals surface area (Å²) in [4.78, 5) is 34.0. The molecule has 0 aromatic heterocycles. The van der Waals surface area contributed by atoms with E-state index in [2.05, 4.69) is 5.32 Å². The first-order valence-corrected chi connectivity index (χ1v) is 5.85. The van der Waals surface area contributed by atoms with Crippen LogP contribution in [0, 0.1) is 17.8 Å². The summed E-state index contributed by atoms with van der Waals surface area (Å²) in [6, 6.07) is -0.817. The largest absolute Gasteiger partial charge is 0.481 e. The number of hydrogen-bond acceptors (Lipinski definition) is 4. The molecule has 5 N–H and O–H groups in total. The fourth-order valence-electron chi connectivity index (χ4n) is 3.09. The summed E-state index contributed by atoms with van der Waals surface area (Å²) in [5.74, 6) is -4.06. The first-order chi connectivity index (χ1) is 8.31. The average molecular weight is 256 g/mol. The van der Waals surface area contributed by atoms with E-state index in [9.17, 15) is 19.5 Å². The molecule has 2 aliphatic carbocycles. The molecule has 0 saturated heterocycles. The minimum Gasteiger partial charge on any atom is -0.481 e. The molecule has 1 amide bonds. The van der Waals surface area contributed by atoms with E-state index in [1.165, 1.54) is 6.92 Å². The van der Waals surface area contributed by atoms with E-state index in [1.807, 2.05) is 0 Å². The van der Waals surface area contributed by atoms with Crippen LogP contribution in [0.4, 0.5) is 0 Å². The quantitative estimate of drug-likeness (QED) is 0.511. The third-order valence-corrected chi connectivity index (χ3v) is 4.04. The van der Waals surface area contributed by atoms with Gasteiger partial charge in [0.2, 0.25) is 5.91 Å². The predicted octanol–water partition coefficient (Wildman–Crippen LogP) is -0.986. The van der Waals surface area contributed by atoms with Crippen molar-refractivity contribution in [3.05, 3.63) is 0 Å². The summed E-state index contributed by atoms with van der Waals surface area (Å²) >= 11 is 0. The second-order valence-electron chi connectivity index (χ2n) is 5.15. The number of nitrogens with one attached hydrogen (secondary N) is 1. The molecule has 2 rings (SSSR count). The van der Waals surface area contributed by atoms with Gasteiger partial charge < -0.3 is 21.3 Å². The lowest BCUT2D eigenvalue weighted by atomic mass is 9.90.